The Morgan fingerprint density at radius 2 is 1.87 bits per heavy atom. The molecule has 0 radical (unpaired) electrons. The number of carbonyl (C=O) groups excluding carboxylic acids is 1. The smallest absolute Gasteiger partial charge is 0.244 e. The summed E-state index contributed by atoms with van der Waals surface area (Å²) in [6.45, 7) is 2.01. The second-order valence-corrected chi connectivity index (χ2v) is 5.06. The largest absolute Gasteiger partial charge is 0.497 e. The van der Waals surface area contributed by atoms with Crippen molar-refractivity contribution >= 4 is 12.1 Å². The van der Waals surface area contributed by atoms with Crippen LogP contribution in [0.15, 0.2) is 47.6 Å². The van der Waals surface area contributed by atoms with Gasteiger partial charge in [0.2, 0.25) is 5.91 Å². The normalized spacial score (nSPS) is 10.6. The van der Waals surface area contributed by atoms with E-state index >= 15 is 0 Å². The summed E-state index contributed by atoms with van der Waals surface area (Å²) in [5.74, 6) is 1.17. The van der Waals surface area contributed by atoms with Crippen LogP contribution in [-0.2, 0) is 11.2 Å². The molecule has 2 aromatic rings. The predicted molar refractivity (Wildman–Crippen MR) is 90.2 cm³/mol. The van der Waals surface area contributed by atoms with Crippen LogP contribution in [0, 0.1) is 6.92 Å². The Morgan fingerprint density at radius 3 is 2.52 bits per heavy atom. The molecular weight excluding hydrogens is 292 g/mol. The van der Waals surface area contributed by atoms with Crippen LogP contribution in [0.4, 0.5) is 0 Å². The van der Waals surface area contributed by atoms with Crippen molar-refractivity contribution in [3.05, 3.63) is 59.2 Å². The standard InChI is InChI=1S/C18H20N2O3/c1-13-4-6-14(7-5-13)10-18(21)20-19-12-15-11-16(22-2)8-9-17(15)23-3/h4-9,11-12H,10H2,1-3H3,(H,20,21). The highest BCUT2D eigenvalue weighted by Gasteiger charge is 2.04. The van der Waals surface area contributed by atoms with Gasteiger partial charge in [0.05, 0.1) is 26.9 Å². The van der Waals surface area contributed by atoms with Crippen LogP contribution in [-0.4, -0.2) is 26.3 Å². The van der Waals surface area contributed by atoms with Crippen molar-refractivity contribution < 1.29 is 14.3 Å². The van der Waals surface area contributed by atoms with Gasteiger partial charge in [-0.1, -0.05) is 29.8 Å². The Morgan fingerprint density at radius 1 is 1.13 bits per heavy atom. The molecule has 0 aliphatic carbocycles. The molecule has 5 heteroatoms. The first-order valence-corrected chi connectivity index (χ1v) is 7.22. The maximum atomic E-state index is 11.9. The summed E-state index contributed by atoms with van der Waals surface area (Å²) < 4.78 is 10.4. The zero-order valence-electron chi connectivity index (χ0n) is 13.5. The number of hydrazone groups is 1. The van der Waals surface area contributed by atoms with Gasteiger partial charge in [0, 0.05) is 5.56 Å². The summed E-state index contributed by atoms with van der Waals surface area (Å²) in [7, 11) is 3.17. The number of methoxy groups -OCH3 is 2. The second kappa shape index (κ2) is 7.98. The van der Waals surface area contributed by atoms with E-state index in [1.54, 1.807) is 32.4 Å². The first-order chi connectivity index (χ1) is 11.1. The summed E-state index contributed by atoms with van der Waals surface area (Å²) >= 11 is 0. The molecule has 1 amide bonds. The minimum Gasteiger partial charge on any atom is -0.497 e. The van der Waals surface area contributed by atoms with Gasteiger partial charge in [0.25, 0.3) is 0 Å². The number of aryl methyl sites for hydroxylation is 1. The van der Waals surface area contributed by atoms with Gasteiger partial charge in [-0.2, -0.15) is 5.10 Å². The molecule has 2 rings (SSSR count). The third-order valence-electron chi connectivity index (χ3n) is 3.32. The zero-order chi connectivity index (χ0) is 16.7. The van der Waals surface area contributed by atoms with Crippen molar-refractivity contribution in [3.63, 3.8) is 0 Å². The van der Waals surface area contributed by atoms with E-state index in [-0.39, 0.29) is 12.3 Å². The average molecular weight is 312 g/mol. The molecule has 0 fully saturated rings. The summed E-state index contributed by atoms with van der Waals surface area (Å²) in [6, 6.07) is 13.2. The molecular formula is C18H20N2O3. The van der Waals surface area contributed by atoms with Crippen LogP contribution in [0.25, 0.3) is 0 Å². The van der Waals surface area contributed by atoms with Crippen LogP contribution < -0.4 is 14.9 Å². The molecule has 0 heterocycles. The van der Waals surface area contributed by atoms with Crippen LogP contribution >= 0.6 is 0 Å². The summed E-state index contributed by atoms with van der Waals surface area (Å²) in [5, 5.41) is 3.98. The average Bonchev–Trinajstić information content (AvgIpc) is 2.57. The van der Waals surface area contributed by atoms with Gasteiger partial charge < -0.3 is 9.47 Å². The van der Waals surface area contributed by atoms with Crippen LogP contribution in [0.3, 0.4) is 0 Å². The number of hydrogen-bond donors (Lipinski definition) is 1. The maximum absolute atomic E-state index is 11.9. The lowest BCUT2D eigenvalue weighted by Gasteiger charge is -2.06. The van der Waals surface area contributed by atoms with Crippen LogP contribution in [0.1, 0.15) is 16.7 Å². The predicted octanol–water partition coefficient (Wildman–Crippen LogP) is 2.71. The van der Waals surface area contributed by atoms with E-state index in [9.17, 15) is 4.79 Å². The Balaban J connectivity index is 1.98. The monoisotopic (exact) mass is 312 g/mol. The van der Waals surface area contributed by atoms with Gasteiger partial charge in [-0.3, -0.25) is 4.79 Å². The third-order valence-corrected chi connectivity index (χ3v) is 3.32. The number of nitrogens with one attached hydrogen (secondary N) is 1. The van der Waals surface area contributed by atoms with E-state index in [0.717, 1.165) is 16.7 Å². The van der Waals surface area contributed by atoms with Gasteiger partial charge in [0.1, 0.15) is 11.5 Å². The molecule has 0 unspecified atom stereocenters. The van der Waals surface area contributed by atoms with Gasteiger partial charge in [0.15, 0.2) is 0 Å². The first kappa shape index (κ1) is 16.5. The number of nitrogens with zero attached hydrogens (tertiary/aromatic N) is 1. The molecule has 0 aliphatic heterocycles. The summed E-state index contributed by atoms with van der Waals surface area (Å²) in [5.41, 5.74) is 5.35. The molecule has 0 atom stereocenters. The van der Waals surface area contributed by atoms with Gasteiger partial charge in [-0.25, -0.2) is 5.43 Å². The number of hydrogen-bond acceptors (Lipinski definition) is 4. The van der Waals surface area contributed by atoms with Gasteiger partial charge in [-0.05, 0) is 30.7 Å². The van der Waals surface area contributed by atoms with E-state index < -0.39 is 0 Å². The minimum absolute atomic E-state index is 0.174. The van der Waals surface area contributed by atoms with Crippen LogP contribution in [0.2, 0.25) is 0 Å². The molecule has 0 aromatic heterocycles. The molecule has 0 spiro atoms. The minimum atomic E-state index is -0.174. The number of rotatable bonds is 6. The Kier molecular flexibility index (Phi) is 5.74. The van der Waals surface area contributed by atoms with Crippen molar-refractivity contribution in [2.24, 2.45) is 5.10 Å². The quantitative estimate of drug-likeness (QED) is 0.659. The van der Waals surface area contributed by atoms with Crippen molar-refractivity contribution in [3.8, 4) is 11.5 Å². The van der Waals surface area contributed by atoms with E-state index in [0.29, 0.717) is 11.5 Å². The molecule has 0 saturated heterocycles. The molecule has 120 valence electrons. The maximum Gasteiger partial charge on any atom is 0.244 e. The van der Waals surface area contributed by atoms with E-state index in [1.165, 1.54) is 6.21 Å². The number of ether oxygens (including phenoxy) is 2. The van der Waals surface area contributed by atoms with E-state index in [4.69, 9.17) is 9.47 Å². The molecule has 23 heavy (non-hydrogen) atoms. The Hall–Kier alpha value is -2.82. The Labute approximate surface area is 135 Å². The highest BCUT2D eigenvalue weighted by Crippen LogP contribution is 2.22. The topological polar surface area (TPSA) is 59.9 Å². The van der Waals surface area contributed by atoms with Gasteiger partial charge in [-0.15, -0.1) is 0 Å². The molecule has 2 aromatic carbocycles. The first-order valence-electron chi connectivity index (χ1n) is 7.22. The van der Waals surface area contributed by atoms with Crippen molar-refractivity contribution in [2.75, 3.05) is 14.2 Å². The highest BCUT2D eigenvalue weighted by atomic mass is 16.5. The molecule has 0 aliphatic rings. The van der Waals surface area contributed by atoms with E-state index in [1.807, 2.05) is 31.2 Å². The lowest BCUT2D eigenvalue weighted by atomic mass is 10.1. The number of benzene rings is 2. The summed E-state index contributed by atoms with van der Waals surface area (Å²) in [4.78, 5) is 11.9. The fraction of sp³-hybridized carbons (Fsp3) is 0.222. The zero-order valence-corrected chi connectivity index (χ0v) is 13.5. The van der Waals surface area contributed by atoms with E-state index in [2.05, 4.69) is 10.5 Å². The van der Waals surface area contributed by atoms with Crippen molar-refractivity contribution in [2.45, 2.75) is 13.3 Å². The SMILES string of the molecule is COc1ccc(OC)c(C=NNC(=O)Cc2ccc(C)cc2)c1. The fourth-order valence-electron chi connectivity index (χ4n) is 2.04. The molecule has 0 bridgehead atoms. The van der Waals surface area contributed by atoms with Crippen LogP contribution in [0.5, 0.6) is 11.5 Å². The number of amides is 1. The Bertz CT molecular complexity index is 694. The second-order valence-electron chi connectivity index (χ2n) is 5.06. The third kappa shape index (κ3) is 4.85. The highest BCUT2D eigenvalue weighted by molar-refractivity contribution is 5.86. The molecule has 5 nitrogen and oxygen atoms in total. The van der Waals surface area contributed by atoms with Gasteiger partial charge >= 0.3 is 0 Å². The molecule has 1 N–H and O–H groups in total. The molecule has 0 saturated carbocycles. The fourth-order valence-corrected chi connectivity index (χ4v) is 2.04. The summed E-state index contributed by atoms with van der Waals surface area (Å²) in [6.07, 6.45) is 1.82. The van der Waals surface area contributed by atoms with Crippen molar-refractivity contribution in [1.82, 2.24) is 5.43 Å². The van der Waals surface area contributed by atoms with Crippen molar-refractivity contribution in [1.29, 1.82) is 0 Å². The number of carbonyl (C=O) groups is 1. The lowest BCUT2D eigenvalue weighted by molar-refractivity contribution is -0.120. The lowest BCUT2D eigenvalue weighted by Crippen LogP contribution is -2.19.